The lowest BCUT2D eigenvalue weighted by atomic mass is 10.2. The van der Waals surface area contributed by atoms with Crippen molar-refractivity contribution in [3.05, 3.63) is 35.9 Å². The van der Waals surface area contributed by atoms with Gasteiger partial charge in [-0.15, -0.1) is 11.6 Å². The number of rotatable bonds is 0. The second kappa shape index (κ2) is 5.64. The molecule has 0 heterocycles. The Morgan fingerprint density at radius 3 is 1.67 bits per heavy atom. The van der Waals surface area contributed by atoms with Crippen molar-refractivity contribution in [1.82, 2.24) is 0 Å². The van der Waals surface area contributed by atoms with E-state index in [-0.39, 0.29) is 0 Å². The van der Waals surface area contributed by atoms with E-state index in [4.69, 9.17) is 0 Å². The molecule has 1 heteroatoms. The van der Waals surface area contributed by atoms with E-state index < -0.39 is 0 Å². The van der Waals surface area contributed by atoms with Crippen LogP contribution in [0.3, 0.4) is 0 Å². The summed E-state index contributed by atoms with van der Waals surface area (Å²) in [5.74, 6) is 0. The molecule has 1 aromatic carbocycles. The summed E-state index contributed by atoms with van der Waals surface area (Å²) in [5, 5.41) is 0. The summed E-state index contributed by atoms with van der Waals surface area (Å²) < 4.78 is 0. The third kappa shape index (κ3) is 4.04. The lowest BCUT2D eigenvalue weighted by Gasteiger charge is -1.82. The molecule has 0 unspecified atom stereocenters. The van der Waals surface area contributed by atoms with Crippen molar-refractivity contribution in [2.24, 2.45) is 0 Å². The molecule has 1 aromatic rings. The monoisotopic (exact) mass is 142 g/mol. The van der Waals surface area contributed by atoms with E-state index in [1.165, 1.54) is 11.9 Å². The van der Waals surface area contributed by atoms with E-state index in [1.54, 1.807) is 0 Å². The Morgan fingerprint density at radius 1 is 1.00 bits per heavy atom. The number of benzene rings is 1. The maximum absolute atomic E-state index is 4.64. The minimum Gasteiger partial charge on any atom is -0.130 e. The minimum atomic E-state index is 1.32. The Kier molecular flexibility index (Phi) is 5.34. The molecule has 9 heavy (non-hydrogen) atoms. The number of halogens is 1. The number of hydrogen-bond acceptors (Lipinski definition) is 0. The fourth-order valence-electron chi connectivity index (χ4n) is 0.534. The van der Waals surface area contributed by atoms with Crippen molar-refractivity contribution < 1.29 is 0 Å². The van der Waals surface area contributed by atoms with E-state index in [9.17, 15) is 0 Å². The first kappa shape index (κ1) is 8.51. The van der Waals surface area contributed by atoms with Gasteiger partial charge in [0.1, 0.15) is 0 Å². The van der Waals surface area contributed by atoms with Gasteiger partial charge in [0.25, 0.3) is 0 Å². The maximum atomic E-state index is 4.64. The van der Waals surface area contributed by atoms with Gasteiger partial charge < -0.3 is 0 Å². The molecule has 0 bridgehead atoms. The molecular formula is C8H11Cl. The zero-order valence-corrected chi connectivity index (χ0v) is 6.52. The van der Waals surface area contributed by atoms with Crippen LogP contribution in [0, 0.1) is 6.92 Å². The van der Waals surface area contributed by atoms with E-state index in [2.05, 4.69) is 30.7 Å². The summed E-state index contributed by atoms with van der Waals surface area (Å²) in [7, 11) is 0. The predicted molar refractivity (Wildman–Crippen MR) is 43.0 cm³/mol. The minimum absolute atomic E-state index is 1.32. The van der Waals surface area contributed by atoms with Gasteiger partial charge >= 0.3 is 0 Å². The lowest BCUT2D eigenvalue weighted by Crippen LogP contribution is -1.62. The van der Waals surface area contributed by atoms with E-state index in [1.807, 2.05) is 18.2 Å². The normalized spacial score (nSPS) is 7.44. The summed E-state index contributed by atoms with van der Waals surface area (Å²) in [6.45, 7) is 2.08. The molecule has 0 fully saturated rings. The van der Waals surface area contributed by atoms with E-state index in [0.29, 0.717) is 0 Å². The van der Waals surface area contributed by atoms with E-state index >= 15 is 0 Å². The Balaban J connectivity index is 0.000000291. The molecule has 0 aliphatic rings. The van der Waals surface area contributed by atoms with Crippen LogP contribution in [-0.4, -0.2) is 6.38 Å². The van der Waals surface area contributed by atoms with Gasteiger partial charge in [-0.2, -0.15) is 0 Å². The lowest BCUT2D eigenvalue weighted by molar-refractivity contribution is 1.48. The van der Waals surface area contributed by atoms with Gasteiger partial charge in [0.15, 0.2) is 0 Å². The van der Waals surface area contributed by atoms with Gasteiger partial charge in [0, 0.05) is 6.38 Å². The molecule has 0 aliphatic carbocycles. The van der Waals surface area contributed by atoms with Crippen molar-refractivity contribution in [2.45, 2.75) is 6.92 Å². The molecule has 0 spiro atoms. The molecule has 0 N–H and O–H groups in total. The molecular weight excluding hydrogens is 132 g/mol. The van der Waals surface area contributed by atoms with Gasteiger partial charge in [0.2, 0.25) is 0 Å². The molecule has 0 amide bonds. The van der Waals surface area contributed by atoms with Gasteiger partial charge in [-0.05, 0) is 6.92 Å². The van der Waals surface area contributed by atoms with Crippen LogP contribution >= 0.6 is 11.6 Å². The zero-order chi connectivity index (χ0) is 7.11. The Morgan fingerprint density at radius 2 is 1.44 bits per heavy atom. The van der Waals surface area contributed by atoms with Gasteiger partial charge in [0.05, 0.1) is 0 Å². The Labute approximate surface area is 61.5 Å². The summed E-state index contributed by atoms with van der Waals surface area (Å²) in [4.78, 5) is 0. The summed E-state index contributed by atoms with van der Waals surface area (Å²) in [6.07, 6.45) is 1.47. The molecule has 0 aliphatic heterocycles. The molecule has 0 saturated heterocycles. The van der Waals surface area contributed by atoms with Crippen LogP contribution in [0.15, 0.2) is 30.3 Å². The maximum Gasteiger partial charge on any atom is 0.0108 e. The molecule has 0 radical (unpaired) electrons. The highest BCUT2D eigenvalue weighted by Gasteiger charge is 1.72. The van der Waals surface area contributed by atoms with Crippen molar-refractivity contribution in [3.63, 3.8) is 0 Å². The fourth-order valence-corrected chi connectivity index (χ4v) is 0.534. The first-order chi connectivity index (χ1) is 4.39. The molecule has 0 saturated carbocycles. The van der Waals surface area contributed by atoms with Crippen LogP contribution in [0.2, 0.25) is 0 Å². The largest absolute Gasteiger partial charge is 0.130 e. The van der Waals surface area contributed by atoms with Crippen molar-refractivity contribution in [3.8, 4) is 0 Å². The predicted octanol–water partition coefficient (Wildman–Crippen LogP) is 2.85. The number of hydrogen-bond donors (Lipinski definition) is 0. The van der Waals surface area contributed by atoms with Crippen LogP contribution in [-0.2, 0) is 0 Å². The second-order valence-corrected chi connectivity index (χ2v) is 1.65. The molecule has 0 aromatic heterocycles. The van der Waals surface area contributed by atoms with Crippen molar-refractivity contribution in [1.29, 1.82) is 0 Å². The first-order valence-electron chi connectivity index (χ1n) is 2.79. The summed E-state index contributed by atoms with van der Waals surface area (Å²) >= 11 is 4.64. The Bertz CT molecular complexity index is 134. The SMILES string of the molecule is CCl.Cc1ccccc1. The van der Waals surface area contributed by atoms with Crippen LogP contribution in [0.25, 0.3) is 0 Å². The topological polar surface area (TPSA) is 0 Å². The molecule has 0 nitrogen and oxygen atoms in total. The highest BCUT2D eigenvalue weighted by Crippen LogP contribution is 1.92. The van der Waals surface area contributed by atoms with Crippen molar-refractivity contribution in [2.75, 3.05) is 6.38 Å². The average Bonchev–Trinajstić information content (AvgIpc) is 1.94. The molecule has 50 valence electrons. The molecule has 0 atom stereocenters. The number of alkyl halides is 1. The molecule has 1 rings (SSSR count). The average molecular weight is 143 g/mol. The van der Waals surface area contributed by atoms with Crippen molar-refractivity contribution >= 4 is 11.6 Å². The van der Waals surface area contributed by atoms with Gasteiger partial charge in [-0.1, -0.05) is 35.9 Å². The van der Waals surface area contributed by atoms with Crippen LogP contribution in [0.1, 0.15) is 5.56 Å². The quantitative estimate of drug-likeness (QED) is 0.489. The third-order valence-corrected chi connectivity index (χ3v) is 0.940. The third-order valence-electron chi connectivity index (χ3n) is 0.940. The van der Waals surface area contributed by atoms with Gasteiger partial charge in [-0.25, -0.2) is 0 Å². The van der Waals surface area contributed by atoms with Crippen LogP contribution in [0.4, 0.5) is 0 Å². The van der Waals surface area contributed by atoms with Crippen LogP contribution in [0.5, 0.6) is 0 Å². The summed E-state index contributed by atoms with van der Waals surface area (Å²) in [5.41, 5.74) is 1.32. The van der Waals surface area contributed by atoms with E-state index in [0.717, 1.165) is 0 Å². The zero-order valence-electron chi connectivity index (χ0n) is 5.76. The number of aryl methyl sites for hydroxylation is 1. The summed E-state index contributed by atoms with van der Waals surface area (Å²) in [6, 6.07) is 10.3. The van der Waals surface area contributed by atoms with Gasteiger partial charge in [-0.3, -0.25) is 0 Å². The first-order valence-corrected chi connectivity index (χ1v) is 3.54. The Hall–Kier alpha value is -0.490. The highest BCUT2D eigenvalue weighted by molar-refractivity contribution is 6.15. The smallest absolute Gasteiger partial charge is 0.0108 e. The highest BCUT2D eigenvalue weighted by atomic mass is 35.5. The second-order valence-electron chi connectivity index (χ2n) is 1.65. The van der Waals surface area contributed by atoms with Crippen LogP contribution < -0.4 is 0 Å². The standard InChI is InChI=1S/C7H8.CH3Cl/c1-7-5-3-2-4-6-7;1-2/h2-6H,1H3;1H3. The fraction of sp³-hybridized carbons (Fsp3) is 0.250.